The van der Waals surface area contributed by atoms with Crippen LogP contribution in [0.1, 0.15) is 19.8 Å². The van der Waals surface area contributed by atoms with E-state index in [1.165, 1.54) is 0 Å². The summed E-state index contributed by atoms with van der Waals surface area (Å²) in [7, 11) is 0. The van der Waals surface area contributed by atoms with Crippen molar-refractivity contribution in [3.63, 3.8) is 0 Å². The number of anilines is 2. The molecule has 1 saturated carbocycles. The van der Waals surface area contributed by atoms with Gasteiger partial charge >= 0.3 is 0 Å². The van der Waals surface area contributed by atoms with Crippen LogP contribution < -0.4 is 16.4 Å². The average molecular weight is 378 g/mol. The third-order valence-corrected chi connectivity index (χ3v) is 6.18. The summed E-state index contributed by atoms with van der Waals surface area (Å²) in [6.07, 6.45) is 3.84. The number of halogens is 2. The summed E-state index contributed by atoms with van der Waals surface area (Å²) in [5.41, 5.74) is 13.9. The van der Waals surface area contributed by atoms with E-state index in [2.05, 4.69) is 21.8 Å². The minimum absolute atomic E-state index is 0.0332. The van der Waals surface area contributed by atoms with E-state index in [4.69, 9.17) is 34.7 Å². The molecule has 1 aliphatic heterocycles. The van der Waals surface area contributed by atoms with Gasteiger partial charge in [0.05, 0.1) is 10.0 Å². The summed E-state index contributed by atoms with van der Waals surface area (Å²) in [4.78, 5) is 11.3. The van der Waals surface area contributed by atoms with Crippen LogP contribution in [0.4, 0.5) is 11.8 Å². The number of nitrogen functional groups attached to an aromatic ring is 1. The second kappa shape index (κ2) is 6.01. The van der Waals surface area contributed by atoms with E-state index >= 15 is 0 Å². The van der Waals surface area contributed by atoms with Crippen LogP contribution in [0.15, 0.2) is 24.4 Å². The number of aromatic nitrogens is 2. The number of benzene rings is 1. The van der Waals surface area contributed by atoms with Crippen LogP contribution in [0.3, 0.4) is 0 Å². The summed E-state index contributed by atoms with van der Waals surface area (Å²) in [6, 6.07) is 5.45. The maximum atomic E-state index is 6.29. The van der Waals surface area contributed by atoms with Crippen LogP contribution in [0, 0.1) is 11.8 Å². The highest BCUT2D eigenvalue weighted by Gasteiger charge is 2.45. The van der Waals surface area contributed by atoms with Gasteiger partial charge < -0.3 is 16.4 Å². The molecular weight excluding hydrogens is 357 g/mol. The summed E-state index contributed by atoms with van der Waals surface area (Å²) < 4.78 is 0. The van der Waals surface area contributed by atoms with E-state index in [0.717, 1.165) is 31.5 Å². The Morgan fingerprint density at radius 3 is 2.48 bits per heavy atom. The second-order valence-electron chi connectivity index (χ2n) is 7.56. The van der Waals surface area contributed by atoms with E-state index in [9.17, 15) is 0 Å². The fourth-order valence-corrected chi connectivity index (χ4v) is 4.71. The highest BCUT2D eigenvalue weighted by molar-refractivity contribution is 6.43. The molecule has 2 heterocycles. The van der Waals surface area contributed by atoms with Gasteiger partial charge in [0.1, 0.15) is 5.82 Å². The van der Waals surface area contributed by atoms with Crippen molar-refractivity contribution in [1.29, 1.82) is 0 Å². The van der Waals surface area contributed by atoms with E-state index in [0.29, 0.717) is 39.2 Å². The molecular formula is C18H21Cl2N5. The van der Waals surface area contributed by atoms with Gasteiger partial charge in [0, 0.05) is 36.0 Å². The monoisotopic (exact) mass is 377 g/mol. The Morgan fingerprint density at radius 1 is 1.16 bits per heavy atom. The Balaban J connectivity index is 1.58. The maximum Gasteiger partial charge on any atom is 0.227 e. The van der Waals surface area contributed by atoms with Crippen molar-refractivity contribution in [1.82, 2.24) is 9.97 Å². The number of rotatable bonds is 2. The van der Waals surface area contributed by atoms with Crippen LogP contribution >= 0.6 is 23.2 Å². The van der Waals surface area contributed by atoms with Gasteiger partial charge in [-0.2, -0.15) is 4.98 Å². The molecule has 0 amide bonds. The molecule has 0 radical (unpaired) electrons. The predicted octanol–water partition coefficient (Wildman–Crippen LogP) is 3.60. The molecule has 25 heavy (non-hydrogen) atoms. The number of fused-ring (bicyclic) bond motifs is 1. The van der Waals surface area contributed by atoms with Gasteiger partial charge in [-0.25, -0.2) is 4.98 Å². The van der Waals surface area contributed by atoms with E-state index in [1.807, 2.05) is 12.1 Å². The van der Waals surface area contributed by atoms with Gasteiger partial charge in [-0.3, -0.25) is 0 Å². The van der Waals surface area contributed by atoms with Crippen LogP contribution in [0.25, 0.3) is 11.1 Å². The zero-order valence-corrected chi connectivity index (χ0v) is 15.6. The molecule has 1 aliphatic carbocycles. The van der Waals surface area contributed by atoms with Gasteiger partial charge in [-0.05, 0) is 37.7 Å². The molecule has 2 aromatic rings. The Kier molecular flexibility index (Phi) is 4.06. The zero-order valence-electron chi connectivity index (χ0n) is 14.0. The van der Waals surface area contributed by atoms with Crippen LogP contribution in [0.2, 0.25) is 10.0 Å². The zero-order chi connectivity index (χ0) is 17.8. The summed E-state index contributed by atoms with van der Waals surface area (Å²) >= 11 is 12.4. The molecule has 2 aliphatic rings. The molecule has 4 rings (SSSR count). The van der Waals surface area contributed by atoms with Crippen LogP contribution in [-0.2, 0) is 0 Å². The molecule has 2 fully saturated rings. The van der Waals surface area contributed by atoms with Crippen molar-refractivity contribution in [3.05, 3.63) is 34.4 Å². The summed E-state index contributed by atoms with van der Waals surface area (Å²) in [5.74, 6) is 2.31. The Labute approximate surface area is 157 Å². The fourth-order valence-electron chi connectivity index (χ4n) is 4.30. The first-order valence-corrected chi connectivity index (χ1v) is 9.20. The first kappa shape index (κ1) is 16.9. The SMILES string of the molecule is C[C@@]1(N)C[C@H]2CN(c3ncc(-c4cccc(Cl)c4Cl)c(N)n3)C[C@H]2C1. The Hall–Kier alpha value is -1.56. The molecule has 5 nitrogen and oxygen atoms in total. The molecule has 0 bridgehead atoms. The summed E-state index contributed by atoms with van der Waals surface area (Å²) in [6.45, 7) is 4.02. The molecule has 7 heteroatoms. The summed E-state index contributed by atoms with van der Waals surface area (Å²) in [5, 5.41) is 0.949. The normalized spacial score (nSPS) is 28.4. The lowest BCUT2D eigenvalue weighted by Crippen LogP contribution is -2.35. The lowest BCUT2D eigenvalue weighted by Gasteiger charge is -2.23. The predicted molar refractivity (Wildman–Crippen MR) is 103 cm³/mol. The lowest BCUT2D eigenvalue weighted by molar-refractivity contribution is 0.449. The van der Waals surface area contributed by atoms with Crippen molar-refractivity contribution in [2.24, 2.45) is 17.6 Å². The third-order valence-electron chi connectivity index (χ3n) is 5.36. The molecule has 3 atom stereocenters. The Morgan fingerprint density at radius 2 is 1.84 bits per heavy atom. The minimum atomic E-state index is -0.0332. The number of hydrogen-bond donors (Lipinski definition) is 2. The highest BCUT2D eigenvalue weighted by atomic mass is 35.5. The Bertz CT molecular complexity index is 807. The van der Waals surface area contributed by atoms with Crippen molar-refractivity contribution >= 4 is 35.0 Å². The van der Waals surface area contributed by atoms with E-state index in [1.54, 1.807) is 12.3 Å². The van der Waals surface area contributed by atoms with Crippen LogP contribution in [-0.4, -0.2) is 28.6 Å². The topological polar surface area (TPSA) is 81.1 Å². The van der Waals surface area contributed by atoms with Crippen LogP contribution in [0.5, 0.6) is 0 Å². The van der Waals surface area contributed by atoms with Gasteiger partial charge in [-0.1, -0.05) is 35.3 Å². The highest BCUT2D eigenvalue weighted by Crippen LogP contribution is 2.43. The fraction of sp³-hybridized carbons (Fsp3) is 0.444. The standard InChI is InChI=1S/C18H21Cl2N5/c1-18(22)5-10-8-25(9-11(10)6-18)17-23-7-13(16(21)24-17)12-3-2-4-14(19)15(12)20/h2-4,7,10-11H,5-6,8-9,22H2,1H3,(H2,21,23,24)/t10-,11+,18+. The molecule has 1 aromatic heterocycles. The van der Waals surface area contributed by atoms with Gasteiger partial charge in [-0.15, -0.1) is 0 Å². The molecule has 1 saturated heterocycles. The van der Waals surface area contributed by atoms with Crippen molar-refractivity contribution in [2.75, 3.05) is 23.7 Å². The largest absolute Gasteiger partial charge is 0.383 e. The molecule has 1 aromatic carbocycles. The number of nitrogens with zero attached hydrogens (tertiary/aromatic N) is 3. The van der Waals surface area contributed by atoms with Gasteiger partial charge in [0.25, 0.3) is 0 Å². The van der Waals surface area contributed by atoms with Crippen molar-refractivity contribution in [2.45, 2.75) is 25.3 Å². The van der Waals surface area contributed by atoms with E-state index in [-0.39, 0.29) is 5.54 Å². The lowest BCUT2D eigenvalue weighted by atomic mass is 10.00. The molecule has 0 spiro atoms. The average Bonchev–Trinajstić information content (AvgIpc) is 3.04. The van der Waals surface area contributed by atoms with Crippen molar-refractivity contribution in [3.8, 4) is 11.1 Å². The quantitative estimate of drug-likeness (QED) is 0.835. The van der Waals surface area contributed by atoms with Crippen molar-refractivity contribution < 1.29 is 0 Å². The number of hydrogen-bond acceptors (Lipinski definition) is 5. The van der Waals surface area contributed by atoms with Gasteiger partial charge in [0.2, 0.25) is 5.95 Å². The first-order valence-electron chi connectivity index (χ1n) is 8.45. The number of nitrogens with two attached hydrogens (primary N) is 2. The smallest absolute Gasteiger partial charge is 0.227 e. The molecule has 132 valence electrons. The maximum absolute atomic E-state index is 6.29. The molecule has 0 unspecified atom stereocenters. The second-order valence-corrected chi connectivity index (χ2v) is 8.34. The third kappa shape index (κ3) is 3.05. The first-order chi connectivity index (χ1) is 11.8. The minimum Gasteiger partial charge on any atom is -0.383 e. The molecule has 4 N–H and O–H groups in total. The van der Waals surface area contributed by atoms with E-state index < -0.39 is 0 Å². The van der Waals surface area contributed by atoms with Gasteiger partial charge in [0.15, 0.2) is 0 Å².